The van der Waals surface area contributed by atoms with Gasteiger partial charge in [-0.1, -0.05) is 42.2 Å². The standard InChI is InChI=1S/C18H22Cl2N2O2S/c1-4-22(5-2)9-10-24-21-18(13-8-11-25-12-13)14-6-7-15(23-3)17(20)16(14)19/h6-8,11-12H,4-5,9-10H2,1-3H3. The van der Waals surface area contributed by atoms with Crippen LogP contribution < -0.4 is 4.74 Å². The second kappa shape index (κ2) is 10.0. The van der Waals surface area contributed by atoms with E-state index in [1.165, 1.54) is 0 Å². The quantitative estimate of drug-likeness (QED) is 0.330. The Morgan fingerprint density at radius 3 is 2.52 bits per heavy atom. The summed E-state index contributed by atoms with van der Waals surface area (Å²) in [4.78, 5) is 7.85. The predicted molar refractivity (Wildman–Crippen MR) is 107 cm³/mol. The van der Waals surface area contributed by atoms with Crippen molar-refractivity contribution in [1.82, 2.24) is 4.90 Å². The lowest BCUT2D eigenvalue weighted by Crippen LogP contribution is -2.26. The average Bonchev–Trinajstić information content (AvgIpc) is 3.16. The first-order valence-electron chi connectivity index (χ1n) is 8.09. The third kappa shape index (κ3) is 5.11. The van der Waals surface area contributed by atoms with Gasteiger partial charge in [0.25, 0.3) is 0 Å². The lowest BCUT2D eigenvalue weighted by Gasteiger charge is -2.17. The molecular formula is C18H22Cl2N2O2S. The maximum Gasteiger partial charge on any atom is 0.139 e. The topological polar surface area (TPSA) is 34.1 Å². The number of halogens is 2. The van der Waals surface area contributed by atoms with Crippen molar-refractivity contribution >= 4 is 40.3 Å². The smallest absolute Gasteiger partial charge is 0.139 e. The van der Waals surface area contributed by atoms with Crippen LogP contribution >= 0.6 is 34.5 Å². The van der Waals surface area contributed by atoms with Gasteiger partial charge < -0.3 is 14.5 Å². The van der Waals surface area contributed by atoms with Crippen LogP contribution in [0.25, 0.3) is 0 Å². The largest absolute Gasteiger partial charge is 0.495 e. The van der Waals surface area contributed by atoms with Crippen LogP contribution in [-0.2, 0) is 4.84 Å². The molecule has 0 saturated heterocycles. The highest BCUT2D eigenvalue weighted by atomic mass is 35.5. The summed E-state index contributed by atoms with van der Waals surface area (Å²) in [7, 11) is 1.56. The van der Waals surface area contributed by atoms with E-state index < -0.39 is 0 Å². The highest BCUT2D eigenvalue weighted by molar-refractivity contribution is 7.08. The van der Waals surface area contributed by atoms with Gasteiger partial charge in [-0.05, 0) is 36.7 Å². The van der Waals surface area contributed by atoms with Gasteiger partial charge in [-0.2, -0.15) is 11.3 Å². The van der Waals surface area contributed by atoms with Crippen molar-refractivity contribution in [3.05, 3.63) is 50.1 Å². The predicted octanol–water partition coefficient (Wildman–Crippen LogP) is 5.17. The normalized spacial score (nSPS) is 11.8. The van der Waals surface area contributed by atoms with Crippen LogP contribution in [0.4, 0.5) is 0 Å². The summed E-state index contributed by atoms with van der Waals surface area (Å²) in [6, 6.07) is 5.60. The molecule has 0 aliphatic heterocycles. The number of oxime groups is 1. The summed E-state index contributed by atoms with van der Waals surface area (Å²) in [5.41, 5.74) is 2.32. The van der Waals surface area contributed by atoms with E-state index in [4.69, 9.17) is 32.8 Å². The van der Waals surface area contributed by atoms with Crippen LogP contribution in [0, 0.1) is 0 Å². The molecule has 0 fully saturated rings. The molecule has 0 aliphatic rings. The van der Waals surface area contributed by atoms with Gasteiger partial charge in [0.1, 0.15) is 23.1 Å². The molecule has 7 heteroatoms. The summed E-state index contributed by atoms with van der Waals surface area (Å²) in [6.07, 6.45) is 0. The third-order valence-corrected chi connectivity index (χ3v) is 5.41. The van der Waals surface area contributed by atoms with Crippen molar-refractivity contribution in [2.75, 3.05) is 33.4 Å². The van der Waals surface area contributed by atoms with Crippen LogP contribution in [0.1, 0.15) is 25.0 Å². The first kappa shape index (κ1) is 20.0. The van der Waals surface area contributed by atoms with Crippen molar-refractivity contribution in [3.8, 4) is 5.75 Å². The van der Waals surface area contributed by atoms with Gasteiger partial charge in [0.05, 0.1) is 12.1 Å². The Kier molecular flexibility index (Phi) is 8.03. The number of rotatable bonds is 9. The molecule has 0 saturated carbocycles. The minimum atomic E-state index is 0.368. The van der Waals surface area contributed by atoms with E-state index in [1.807, 2.05) is 22.9 Å². The molecule has 0 atom stereocenters. The van der Waals surface area contributed by atoms with Gasteiger partial charge in [0.15, 0.2) is 0 Å². The van der Waals surface area contributed by atoms with E-state index in [2.05, 4.69) is 23.9 Å². The molecule has 0 amide bonds. The van der Waals surface area contributed by atoms with E-state index in [9.17, 15) is 0 Å². The first-order valence-corrected chi connectivity index (χ1v) is 9.79. The van der Waals surface area contributed by atoms with E-state index in [1.54, 1.807) is 24.5 Å². The van der Waals surface area contributed by atoms with Crippen molar-refractivity contribution in [2.45, 2.75) is 13.8 Å². The molecule has 4 nitrogen and oxygen atoms in total. The minimum absolute atomic E-state index is 0.368. The Labute approximate surface area is 162 Å². The molecule has 136 valence electrons. The SMILES string of the molecule is CCN(CC)CCON=C(c1ccsc1)c1ccc(OC)c(Cl)c1Cl. The van der Waals surface area contributed by atoms with Gasteiger partial charge >= 0.3 is 0 Å². The molecule has 1 heterocycles. The Balaban J connectivity index is 2.26. The number of hydrogen-bond donors (Lipinski definition) is 0. The van der Waals surface area contributed by atoms with E-state index in [-0.39, 0.29) is 0 Å². The fourth-order valence-electron chi connectivity index (χ4n) is 2.35. The molecule has 0 aliphatic carbocycles. The number of likely N-dealkylation sites (N-methyl/N-ethyl adjacent to an activating group) is 1. The van der Waals surface area contributed by atoms with Crippen LogP contribution in [0.3, 0.4) is 0 Å². The van der Waals surface area contributed by atoms with Crippen molar-refractivity contribution < 1.29 is 9.57 Å². The summed E-state index contributed by atoms with van der Waals surface area (Å²) in [6.45, 7) is 7.56. The van der Waals surface area contributed by atoms with Crippen LogP contribution in [0.15, 0.2) is 34.1 Å². The number of methoxy groups -OCH3 is 1. The second-order valence-corrected chi connectivity index (χ2v) is 6.79. The van der Waals surface area contributed by atoms with Gasteiger partial charge in [0.2, 0.25) is 0 Å². The van der Waals surface area contributed by atoms with Crippen LogP contribution in [0.2, 0.25) is 10.0 Å². The summed E-state index contributed by atoms with van der Waals surface area (Å²) in [5, 5.41) is 9.10. The second-order valence-electron chi connectivity index (χ2n) is 5.26. The first-order chi connectivity index (χ1) is 12.1. The number of hydrogen-bond acceptors (Lipinski definition) is 5. The molecule has 0 unspecified atom stereocenters. The van der Waals surface area contributed by atoms with Gasteiger partial charge in [-0.25, -0.2) is 0 Å². The Morgan fingerprint density at radius 1 is 1.16 bits per heavy atom. The van der Waals surface area contributed by atoms with Crippen molar-refractivity contribution in [3.63, 3.8) is 0 Å². The molecule has 1 aromatic carbocycles. The number of benzene rings is 1. The Bertz CT molecular complexity index is 701. The molecule has 0 bridgehead atoms. The average molecular weight is 401 g/mol. The van der Waals surface area contributed by atoms with Crippen LogP contribution in [-0.4, -0.2) is 44.0 Å². The highest BCUT2D eigenvalue weighted by Gasteiger charge is 2.17. The molecule has 0 radical (unpaired) electrons. The number of ether oxygens (including phenoxy) is 1. The molecule has 0 N–H and O–H groups in total. The zero-order valence-electron chi connectivity index (χ0n) is 14.6. The lowest BCUT2D eigenvalue weighted by atomic mass is 10.1. The molecule has 2 rings (SSSR count). The van der Waals surface area contributed by atoms with Gasteiger partial charge in [-0.15, -0.1) is 0 Å². The van der Waals surface area contributed by atoms with Crippen molar-refractivity contribution in [2.24, 2.45) is 5.16 Å². The number of thiophene rings is 1. The third-order valence-electron chi connectivity index (χ3n) is 3.87. The molecule has 0 spiro atoms. The fourth-order valence-corrected chi connectivity index (χ4v) is 3.48. The summed E-state index contributed by atoms with van der Waals surface area (Å²) < 4.78 is 5.21. The minimum Gasteiger partial charge on any atom is -0.495 e. The number of nitrogens with zero attached hydrogens (tertiary/aromatic N) is 2. The monoisotopic (exact) mass is 400 g/mol. The maximum atomic E-state index is 6.44. The Morgan fingerprint density at radius 2 is 1.92 bits per heavy atom. The Hall–Kier alpha value is -1.27. The van der Waals surface area contributed by atoms with Crippen LogP contribution in [0.5, 0.6) is 5.75 Å². The van der Waals surface area contributed by atoms with E-state index in [0.29, 0.717) is 33.7 Å². The van der Waals surface area contributed by atoms with E-state index >= 15 is 0 Å². The van der Waals surface area contributed by atoms with Crippen molar-refractivity contribution in [1.29, 1.82) is 0 Å². The zero-order valence-corrected chi connectivity index (χ0v) is 16.9. The van der Waals surface area contributed by atoms with Gasteiger partial charge in [-0.3, -0.25) is 0 Å². The summed E-state index contributed by atoms with van der Waals surface area (Å²) >= 11 is 14.3. The molecule has 1 aromatic heterocycles. The maximum absolute atomic E-state index is 6.44. The molecule has 2 aromatic rings. The van der Waals surface area contributed by atoms with Gasteiger partial charge in [0, 0.05) is 23.1 Å². The zero-order chi connectivity index (χ0) is 18.2. The fraction of sp³-hybridized carbons (Fsp3) is 0.389. The molecule has 25 heavy (non-hydrogen) atoms. The van der Waals surface area contributed by atoms with E-state index in [0.717, 1.165) is 25.2 Å². The highest BCUT2D eigenvalue weighted by Crippen LogP contribution is 2.35. The molecular weight excluding hydrogens is 379 g/mol. The summed E-state index contributed by atoms with van der Waals surface area (Å²) in [5.74, 6) is 0.530. The lowest BCUT2D eigenvalue weighted by molar-refractivity contribution is 0.114.